The summed E-state index contributed by atoms with van der Waals surface area (Å²) in [5.41, 5.74) is 1.76. The predicted octanol–water partition coefficient (Wildman–Crippen LogP) is 3.86. The summed E-state index contributed by atoms with van der Waals surface area (Å²) in [6.45, 7) is 4.69. The number of ether oxygens (including phenoxy) is 1. The molecule has 0 amide bonds. The molecule has 2 rings (SSSR count). The molecule has 0 aliphatic rings. The van der Waals surface area contributed by atoms with Crippen LogP contribution in [-0.2, 0) is 6.54 Å². The van der Waals surface area contributed by atoms with E-state index in [1.54, 1.807) is 19.3 Å². The zero-order valence-electron chi connectivity index (χ0n) is 12.0. The van der Waals surface area contributed by atoms with Gasteiger partial charge >= 0.3 is 0 Å². The number of hydrogen-bond acceptors (Lipinski definition) is 3. The van der Waals surface area contributed by atoms with Gasteiger partial charge in [-0.3, -0.25) is 0 Å². The Hall–Kier alpha value is -1.94. The molecule has 0 unspecified atom stereocenters. The summed E-state index contributed by atoms with van der Waals surface area (Å²) in [5, 5.41) is 2.91. The van der Waals surface area contributed by atoms with Crippen LogP contribution in [0, 0.1) is 5.82 Å². The quantitative estimate of drug-likeness (QED) is 0.899. The van der Waals surface area contributed by atoms with Gasteiger partial charge in [0, 0.05) is 18.3 Å². The molecule has 0 aliphatic carbocycles. The number of benzene rings is 1. The molecule has 106 valence electrons. The van der Waals surface area contributed by atoms with Crippen LogP contribution in [0.25, 0.3) is 0 Å². The van der Waals surface area contributed by atoms with E-state index in [2.05, 4.69) is 24.1 Å². The molecule has 0 spiro atoms. The molecule has 20 heavy (non-hydrogen) atoms. The Balaban J connectivity index is 2.19. The summed E-state index contributed by atoms with van der Waals surface area (Å²) in [6, 6.07) is 9.27. The molecule has 3 nitrogen and oxygen atoms in total. The van der Waals surface area contributed by atoms with Crippen LogP contribution < -0.4 is 10.1 Å². The van der Waals surface area contributed by atoms with E-state index in [4.69, 9.17) is 4.74 Å². The molecule has 2 aromatic rings. The molecule has 1 heterocycles. The van der Waals surface area contributed by atoms with Gasteiger partial charge in [-0.1, -0.05) is 26.0 Å². The Morgan fingerprint density at radius 3 is 2.50 bits per heavy atom. The summed E-state index contributed by atoms with van der Waals surface area (Å²) >= 11 is 0. The van der Waals surface area contributed by atoms with Crippen molar-refractivity contribution < 1.29 is 9.13 Å². The van der Waals surface area contributed by atoms with E-state index in [0.717, 1.165) is 0 Å². The van der Waals surface area contributed by atoms with Gasteiger partial charge in [0.05, 0.1) is 0 Å². The Morgan fingerprint density at radius 2 is 1.90 bits per heavy atom. The molecule has 4 heteroatoms. The average Bonchev–Trinajstić information content (AvgIpc) is 2.44. The second-order valence-corrected chi connectivity index (χ2v) is 4.95. The summed E-state index contributed by atoms with van der Waals surface area (Å²) in [5.74, 6) is 0.630. The number of halogens is 1. The van der Waals surface area contributed by atoms with Crippen molar-refractivity contribution >= 4 is 0 Å². The maximum atomic E-state index is 14.1. The first-order chi connectivity index (χ1) is 9.61. The molecule has 0 fully saturated rings. The van der Waals surface area contributed by atoms with Crippen LogP contribution in [0.3, 0.4) is 0 Å². The van der Waals surface area contributed by atoms with Crippen LogP contribution in [0.4, 0.5) is 4.39 Å². The van der Waals surface area contributed by atoms with Crippen molar-refractivity contribution in [3.8, 4) is 11.6 Å². The fourth-order valence-corrected chi connectivity index (χ4v) is 1.89. The molecule has 1 N–H and O–H groups in total. The molecule has 0 atom stereocenters. The molecule has 0 saturated heterocycles. The van der Waals surface area contributed by atoms with E-state index in [1.807, 2.05) is 24.3 Å². The van der Waals surface area contributed by atoms with Crippen molar-refractivity contribution in [3.63, 3.8) is 0 Å². The number of pyridine rings is 1. The zero-order chi connectivity index (χ0) is 14.5. The van der Waals surface area contributed by atoms with Gasteiger partial charge < -0.3 is 10.1 Å². The van der Waals surface area contributed by atoms with Crippen molar-refractivity contribution in [1.29, 1.82) is 0 Å². The van der Waals surface area contributed by atoms with Crippen molar-refractivity contribution in [3.05, 3.63) is 53.5 Å². The number of hydrogen-bond donors (Lipinski definition) is 1. The standard InChI is InChI=1S/C16H19FN2O/c1-11(2)12-4-6-14(7-5-12)20-16-15(17)13(10-18-3)8-9-19-16/h4-9,11,18H,10H2,1-3H3. The van der Waals surface area contributed by atoms with E-state index in [1.165, 1.54) is 5.56 Å². The van der Waals surface area contributed by atoms with Crippen molar-refractivity contribution in [2.24, 2.45) is 0 Å². The van der Waals surface area contributed by atoms with Gasteiger partial charge in [-0.05, 0) is 36.7 Å². The minimum absolute atomic E-state index is 0.00930. The maximum Gasteiger partial charge on any atom is 0.256 e. The third-order valence-electron chi connectivity index (χ3n) is 3.07. The SMILES string of the molecule is CNCc1ccnc(Oc2ccc(C(C)C)cc2)c1F. The smallest absolute Gasteiger partial charge is 0.256 e. The normalized spacial score (nSPS) is 10.8. The topological polar surface area (TPSA) is 34.2 Å². The van der Waals surface area contributed by atoms with Crippen LogP contribution in [0.15, 0.2) is 36.5 Å². The number of rotatable bonds is 5. The first-order valence-electron chi connectivity index (χ1n) is 6.67. The molecule has 0 radical (unpaired) electrons. The van der Waals surface area contributed by atoms with E-state index >= 15 is 0 Å². The summed E-state index contributed by atoms with van der Waals surface area (Å²) < 4.78 is 19.6. The van der Waals surface area contributed by atoms with E-state index in [0.29, 0.717) is 23.8 Å². The third kappa shape index (κ3) is 3.33. The molecule has 1 aromatic heterocycles. The second-order valence-electron chi connectivity index (χ2n) is 4.95. The lowest BCUT2D eigenvalue weighted by atomic mass is 10.0. The predicted molar refractivity (Wildman–Crippen MR) is 77.6 cm³/mol. The lowest BCUT2D eigenvalue weighted by molar-refractivity contribution is 0.418. The largest absolute Gasteiger partial charge is 0.436 e. The highest BCUT2D eigenvalue weighted by Crippen LogP contribution is 2.25. The number of nitrogens with one attached hydrogen (secondary N) is 1. The lowest BCUT2D eigenvalue weighted by Crippen LogP contribution is -2.08. The van der Waals surface area contributed by atoms with Crippen molar-refractivity contribution in [1.82, 2.24) is 10.3 Å². The van der Waals surface area contributed by atoms with Crippen LogP contribution in [-0.4, -0.2) is 12.0 Å². The molecule has 1 aromatic carbocycles. The molecular formula is C16H19FN2O. The Kier molecular flexibility index (Phi) is 4.69. The number of nitrogens with zero attached hydrogens (tertiary/aromatic N) is 1. The monoisotopic (exact) mass is 274 g/mol. The zero-order valence-corrected chi connectivity index (χ0v) is 12.0. The van der Waals surface area contributed by atoms with Crippen LogP contribution in [0.2, 0.25) is 0 Å². The average molecular weight is 274 g/mol. The van der Waals surface area contributed by atoms with Crippen LogP contribution in [0.1, 0.15) is 30.9 Å². The maximum absolute atomic E-state index is 14.1. The highest BCUT2D eigenvalue weighted by atomic mass is 19.1. The van der Waals surface area contributed by atoms with Gasteiger partial charge in [-0.15, -0.1) is 0 Å². The van der Waals surface area contributed by atoms with E-state index < -0.39 is 5.82 Å². The molecular weight excluding hydrogens is 255 g/mol. The van der Waals surface area contributed by atoms with Crippen LogP contribution >= 0.6 is 0 Å². The Bertz CT molecular complexity index is 567. The van der Waals surface area contributed by atoms with Gasteiger partial charge in [0.15, 0.2) is 5.82 Å². The lowest BCUT2D eigenvalue weighted by Gasteiger charge is -2.10. The van der Waals surface area contributed by atoms with E-state index in [9.17, 15) is 4.39 Å². The summed E-state index contributed by atoms with van der Waals surface area (Å²) in [6.07, 6.45) is 1.55. The highest BCUT2D eigenvalue weighted by Gasteiger charge is 2.11. The van der Waals surface area contributed by atoms with E-state index in [-0.39, 0.29) is 5.88 Å². The van der Waals surface area contributed by atoms with Crippen LogP contribution in [0.5, 0.6) is 11.6 Å². The van der Waals surface area contributed by atoms with Gasteiger partial charge in [0.1, 0.15) is 5.75 Å². The van der Waals surface area contributed by atoms with Gasteiger partial charge in [-0.25, -0.2) is 9.37 Å². The first-order valence-corrected chi connectivity index (χ1v) is 6.67. The van der Waals surface area contributed by atoms with Crippen molar-refractivity contribution in [2.75, 3.05) is 7.05 Å². The fourth-order valence-electron chi connectivity index (χ4n) is 1.89. The second kappa shape index (κ2) is 6.48. The summed E-state index contributed by atoms with van der Waals surface area (Å²) in [7, 11) is 1.77. The van der Waals surface area contributed by atoms with Gasteiger partial charge in [0.25, 0.3) is 5.88 Å². The number of aromatic nitrogens is 1. The molecule has 0 bridgehead atoms. The fraction of sp³-hybridized carbons (Fsp3) is 0.312. The molecule has 0 aliphatic heterocycles. The minimum Gasteiger partial charge on any atom is -0.436 e. The Morgan fingerprint density at radius 1 is 1.20 bits per heavy atom. The Labute approximate surface area is 118 Å². The summed E-state index contributed by atoms with van der Waals surface area (Å²) in [4.78, 5) is 3.95. The highest BCUT2D eigenvalue weighted by molar-refractivity contribution is 5.33. The van der Waals surface area contributed by atoms with Gasteiger partial charge in [-0.2, -0.15) is 0 Å². The minimum atomic E-state index is -0.421. The first kappa shape index (κ1) is 14.5. The van der Waals surface area contributed by atoms with Crippen molar-refractivity contribution in [2.45, 2.75) is 26.3 Å². The third-order valence-corrected chi connectivity index (χ3v) is 3.07. The molecule has 0 saturated carbocycles. The van der Waals surface area contributed by atoms with Gasteiger partial charge in [0.2, 0.25) is 0 Å².